The summed E-state index contributed by atoms with van der Waals surface area (Å²) in [6.45, 7) is 3.57. The highest BCUT2D eigenvalue weighted by molar-refractivity contribution is 6.12. The van der Waals surface area contributed by atoms with Crippen molar-refractivity contribution < 1.29 is 9.18 Å². The minimum Gasteiger partial charge on any atom is -0.322 e. The Kier molecular flexibility index (Phi) is 3.36. The van der Waals surface area contributed by atoms with Gasteiger partial charge >= 0.3 is 0 Å². The lowest BCUT2D eigenvalue weighted by atomic mass is 10.1. The van der Waals surface area contributed by atoms with Crippen LogP contribution in [0.3, 0.4) is 0 Å². The summed E-state index contributed by atoms with van der Waals surface area (Å²) in [5, 5.41) is 7.64. The molecule has 1 aromatic carbocycles. The van der Waals surface area contributed by atoms with Gasteiger partial charge in [0.05, 0.1) is 17.1 Å². The second-order valence-corrected chi connectivity index (χ2v) is 5.23. The van der Waals surface area contributed by atoms with Gasteiger partial charge in [-0.05, 0) is 43.7 Å². The zero-order chi connectivity index (χ0) is 15.9. The van der Waals surface area contributed by atoms with Crippen LogP contribution in [0.4, 0.5) is 10.1 Å². The molecule has 5 nitrogen and oxygen atoms in total. The van der Waals surface area contributed by atoms with Crippen LogP contribution in [0.1, 0.15) is 21.6 Å². The first-order chi connectivity index (χ1) is 10.5. The first-order valence-corrected chi connectivity index (χ1v) is 6.82. The summed E-state index contributed by atoms with van der Waals surface area (Å²) >= 11 is 0. The molecule has 0 spiro atoms. The maximum absolute atomic E-state index is 13.1. The number of carbonyl (C=O) groups is 1. The smallest absolute Gasteiger partial charge is 0.256 e. The van der Waals surface area contributed by atoms with Crippen LogP contribution in [0.15, 0.2) is 30.5 Å². The van der Waals surface area contributed by atoms with E-state index in [1.807, 2.05) is 6.92 Å². The molecule has 0 atom stereocenters. The molecule has 22 heavy (non-hydrogen) atoms. The summed E-state index contributed by atoms with van der Waals surface area (Å²) in [5.74, 6) is -0.594. The molecule has 2 heterocycles. The van der Waals surface area contributed by atoms with Crippen LogP contribution in [0.2, 0.25) is 0 Å². The number of anilines is 1. The third-order valence-corrected chi connectivity index (χ3v) is 3.51. The lowest BCUT2D eigenvalue weighted by Crippen LogP contribution is -2.14. The van der Waals surface area contributed by atoms with Crippen LogP contribution >= 0.6 is 0 Å². The number of hydrogen-bond donors (Lipinski definition) is 1. The molecule has 3 rings (SSSR count). The Morgan fingerprint density at radius 3 is 2.77 bits per heavy atom. The second kappa shape index (κ2) is 5.22. The van der Waals surface area contributed by atoms with Crippen molar-refractivity contribution in [3.05, 3.63) is 53.1 Å². The van der Waals surface area contributed by atoms with Crippen LogP contribution in [0, 0.1) is 19.7 Å². The van der Waals surface area contributed by atoms with Crippen LogP contribution in [0.25, 0.3) is 11.0 Å². The highest BCUT2D eigenvalue weighted by Crippen LogP contribution is 2.21. The molecule has 3 aromatic rings. The number of nitrogens with one attached hydrogen (secondary N) is 1. The highest BCUT2D eigenvalue weighted by atomic mass is 19.1. The van der Waals surface area contributed by atoms with Crippen molar-refractivity contribution >= 4 is 22.6 Å². The van der Waals surface area contributed by atoms with E-state index in [4.69, 9.17) is 0 Å². The minimum absolute atomic E-state index is 0.266. The van der Waals surface area contributed by atoms with Crippen molar-refractivity contribution in [2.75, 3.05) is 5.32 Å². The quantitative estimate of drug-likeness (QED) is 0.791. The summed E-state index contributed by atoms with van der Waals surface area (Å²) in [5.41, 5.74) is 3.14. The molecule has 0 aliphatic carbocycles. The normalized spacial score (nSPS) is 10.9. The Morgan fingerprint density at radius 1 is 1.27 bits per heavy atom. The average molecular weight is 298 g/mol. The summed E-state index contributed by atoms with van der Waals surface area (Å²) in [6.07, 6.45) is 1.62. The number of rotatable bonds is 2. The van der Waals surface area contributed by atoms with Gasteiger partial charge in [-0.2, -0.15) is 5.10 Å². The fourth-order valence-corrected chi connectivity index (χ4v) is 2.38. The van der Waals surface area contributed by atoms with E-state index in [-0.39, 0.29) is 11.7 Å². The van der Waals surface area contributed by atoms with E-state index < -0.39 is 0 Å². The molecular formula is C16H15FN4O. The number of aryl methyl sites for hydroxylation is 3. The SMILES string of the molecule is Cc1cc(C(=O)Nc2ccc(F)cc2C)c2cnn(C)c2n1. The number of fused-ring (bicyclic) bond motifs is 1. The molecule has 0 saturated heterocycles. The number of carbonyl (C=O) groups excluding carboxylic acids is 1. The van der Waals surface area contributed by atoms with Gasteiger partial charge in [0, 0.05) is 18.4 Å². The minimum atomic E-state index is -0.329. The topological polar surface area (TPSA) is 59.8 Å². The van der Waals surface area contributed by atoms with Crippen LogP contribution < -0.4 is 5.32 Å². The monoisotopic (exact) mass is 298 g/mol. The van der Waals surface area contributed by atoms with Crippen molar-refractivity contribution in [2.24, 2.45) is 7.05 Å². The van der Waals surface area contributed by atoms with Gasteiger partial charge in [0.25, 0.3) is 5.91 Å². The maximum atomic E-state index is 13.1. The van der Waals surface area contributed by atoms with E-state index in [0.29, 0.717) is 27.8 Å². The van der Waals surface area contributed by atoms with Gasteiger partial charge in [-0.3, -0.25) is 9.48 Å². The lowest BCUT2D eigenvalue weighted by molar-refractivity contribution is 0.102. The van der Waals surface area contributed by atoms with Gasteiger partial charge in [0.2, 0.25) is 0 Å². The predicted octanol–water partition coefficient (Wildman–Crippen LogP) is 2.98. The highest BCUT2D eigenvalue weighted by Gasteiger charge is 2.15. The number of benzene rings is 1. The van der Waals surface area contributed by atoms with Gasteiger partial charge in [-0.25, -0.2) is 9.37 Å². The van der Waals surface area contributed by atoms with Crippen LogP contribution in [-0.2, 0) is 7.05 Å². The molecule has 2 aromatic heterocycles. The zero-order valence-corrected chi connectivity index (χ0v) is 12.5. The Morgan fingerprint density at radius 2 is 2.05 bits per heavy atom. The molecule has 6 heteroatoms. The van der Waals surface area contributed by atoms with Gasteiger partial charge in [-0.1, -0.05) is 0 Å². The molecule has 0 bridgehead atoms. The molecule has 0 unspecified atom stereocenters. The van der Waals surface area contributed by atoms with Gasteiger partial charge in [-0.15, -0.1) is 0 Å². The number of hydrogen-bond acceptors (Lipinski definition) is 3. The summed E-state index contributed by atoms with van der Waals surface area (Å²) in [7, 11) is 1.78. The van der Waals surface area contributed by atoms with E-state index >= 15 is 0 Å². The fraction of sp³-hybridized carbons (Fsp3) is 0.188. The molecular weight excluding hydrogens is 283 g/mol. The van der Waals surface area contributed by atoms with Gasteiger partial charge in [0.15, 0.2) is 5.65 Å². The predicted molar refractivity (Wildman–Crippen MR) is 82.3 cm³/mol. The number of halogens is 1. The molecule has 112 valence electrons. The molecule has 1 amide bonds. The first kappa shape index (κ1) is 14.2. The van der Waals surface area contributed by atoms with E-state index in [9.17, 15) is 9.18 Å². The third kappa shape index (κ3) is 2.43. The number of amides is 1. The first-order valence-electron chi connectivity index (χ1n) is 6.82. The van der Waals surface area contributed by atoms with E-state index in [1.165, 1.54) is 12.1 Å². The Labute approximate surface area is 126 Å². The Hall–Kier alpha value is -2.76. The molecule has 0 radical (unpaired) electrons. The van der Waals surface area contributed by atoms with Crippen molar-refractivity contribution in [1.82, 2.24) is 14.8 Å². The van der Waals surface area contributed by atoms with E-state index in [1.54, 1.807) is 37.0 Å². The Bertz CT molecular complexity index is 885. The molecule has 0 aliphatic heterocycles. The van der Waals surface area contributed by atoms with Crippen LogP contribution in [-0.4, -0.2) is 20.7 Å². The zero-order valence-electron chi connectivity index (χ0n) is 12.5. The van der Waals surface area contributed by atoms with Crippen molar-refractivity contribution in [3.63, 3.8) is 0 Å². The average Bonchev–Trinajstić information content (AvgIpc) is 2.82. The van der Waals surface area contributed by atoms with E-state index in [2.05, 4.69) is 15.4 Å². The summed E-state index contributed by atoms with van der Waals surface area (Å²) < 4.78 is 14.8. The van der Waals surface area contributed by atoms with Crippen molar-refractivity contribution in [2.45, 2.75) is 13.8 Å². The lowest BCUT2D eigenvalue weighted by Gasteiger charge is -2.09. The summed E-state index contributed by atoms with van der Waals surface area (Å²) in [4.78, 5) is 16.9. The maximum Gasteiger partial charge on any atom is 0.256 e. The molecule has 0 saturated carbocycles. The van der Waals surface area contributed by atoms with Crippen LogP contribution in [0.5, 0.6) is 0 Å². The third-order valence-electron chi connectivity index (χ3n) is 3.51. The molecule has 0 aliphatic rings. The molecule has 1 N–H and O–H groups in total. The Balaban J connectivity index is 2.02. The fourth-order valence-electron chi connectivity index (χ4n) is 2.38. The van der Waals surface area contributed by atoms with Gasteiger partial charge in [0.1, 0.15) is 5.82 Å². The van der Waals surface area contributed by atoms with E-state index in [0.717, 1.165) is 5.69 Å². The van der Waals surface area contributed by atoms with Gasteiger partial charge < -0.3 is 5.32 Å². The largest absolute Gasteiger partial charge is 0.322 e. The molecule has 0 fully saturated rings. The standard InChI is InChI=1S/C16H15FN4O/c1-9-6-11(17)4-5-14(9)20-16(22)12-7-10(2)19-15-13(12)8-18-21(15)3/h4-8H,1-3H3,(H,20,22). The van der Waals surface area contributed by atoms with Crippen molar-refractivity contribution in [1.29, 1.82) is 0 Å². The summed E-state index contributed by atoms with van der Waals surface area (Å²) in [6, 6.07) is 5.97. The number of pyridine rings is 1. The number of aromatic nitrogens is 3. The van der Waals surface area contributed by atoms with Crippen molar-refractivity contribution in [3.8, 4) is 0 Å². The second-order valence-electron chi connectivity index (χ2n) is 5.23. The number of nitrogens with zero attached hydrogens (tertiary/aromatic N) is 3.